The molecule has 6 heteroatoms. The highest BCUT2D eigenvalue weighted by Crippen LogP contribution is 2.52. The summed E-state index contributed by atoms with van der Waals surface area (Å²) in [6.07, 6.45) is 6.90. The van der Waals surface area contributed by atoms with Crippen LogP contribution in [0.15, 0.2) is 12.1 Å². The molecule has 5 rings (SSSR count). The van der Waals surface area contributed by atoms with Crippen LogP contribution >= 0.6 is 0 Å². The Kier molecular flexibility index (Phi) is 4.31. The van der Waals surface area contributed by atoms with Gasteiger partial charge in [0.2, 0.25) is 0 Å². The van der Waals surface area contributed by atoms with Crippen LogP contribution in [0.5, 0.6) is 11.5 Å². The first-order valence-corrected chi connectivity index (χ1v) is 9.31. The molecule has 2 N–H and O–H groups in total. The van der Waals surface area contributed by atoms with Crippen LogP contribution in [-0.4, -0.2) is 25.2 Å². The van der Waals surface area contributed by atoms with E-state index in [2.05, 4.69) is 5.32 Å². The third-order valence-electron chi connectivity index (χ3n) is 6.69. The molecule has 136 valence electrons. The molecule has 0 heterocycles. The minimum atomic E-state index is -0.317. The predicted molar refractivity (Wildman–Crippen MR) is 92.7 cm³/mol. The Morgan fingerprint density at radius 2 is 1.60 bits per heavy atom. The Labute approximate surface area is 148 Å². The van der Waals surface area contributed by atoms with Gasteiger partial charge in [-0.2, -0.15) is 0 Å². The van der Waals surface area contributed by atoms with Crippen LogP contribution in [0.3, 0.4) is 0 Å². The smallest absolute Gasteiger partial charge is 0.282 e. The molecule has 0 saturated heterocycles. The monoisotopic (exact) mass is 347 g/mol. The zero-order valence-corrected chi connectivity index (χ0v) is 14.9. The van der Waals surface area contributed by atoms with Gasteiger partial charge in [0, 0.05) is 11.8 Å². The van der Waals surface area contributed by atoms with Crippen molar-refractivity contribution in [3.05, 3.63) is 27.8 Å². The third kappa shape index (κ3) is 2.97. The van der Waals surface area contributed by atoms with E-state index >= 15 is 0 Å². The number of nitro benzene ring substituents is 1. The Morgan fingerprint density at radius 3 is 2.12 bits per heavy atom. The fourth-order valence-corrected chi connectivity index (χ4v) is 5.86. The summed E-state index contributed by atoms with van der Waals surface area (Å²) in [5.74, 6) is 4.46. The lowest BCUT2D eigenvalue weighted by Crippen LogP contribution is -2.93. The number of nitro groups is 1. The third-order valence-corrected chi connectivity index (χ3v) is 6.69. The van der Waals surface area contributed by atoms with Crippen molar-refractivity contribution < 1.29 is 19.7 Å². The van der Waals surface area contributed by atoms with Gasteiger partial charge in [-0.3, -0.25) is 10.1 Å². The Hall–Kier alpha value is -1.82. The van der Waals surface area contributed by atoms with Crippen LogP contribution in [-0.2, 0) is 6.54 Å². The molecule has 4 aliphatic carbocycles. The summed E-state index contributed by atoms with van der Waals surface area (Å²) in [5.41, 5.74) is 0.842. The number of hydrogen-bond donors (Lipinski definition) is 1. The zero-order chi connectivity index (χ0) is 17.6. The molecule has 0 spiro atoms. The molecule has 4 fully saturated rings. The molecule has 4 aliphatic rings. The first-order chi connectivity index (χ1) is 12.1. The summed E-state index contributed by atoms with van der Waals surface area (Å²) in [7, 11) is 3.07. The minimum Gasteiger partial charge on any atom is -0.493 e. The summed E-state index contributed by atoms with van der Waals surface area (Å²) in [5, 5.41) is 13.8. The lowest BCUT2D eigenvalue weighted by molar-refractivity contribution is -0.723. The lowest BCUT2D eigenvalue weighted by Gasteiger charge is -2.52. The molecule has 25 heavy (non-hydrogen) atoms. The molecule has 0 radical (unpaired) electrons. The molecule has 0 atom stereocenters. The maximum absolute atomic E-state index is 11.5. The fraction of sp³-hybridized carbons (Fsp3) is 0.684. The summed E-state index contributed by atoms with van der Waals surface area (Å²) in [6, 6.07) is 3.88. The van der Waals surface area contributed by atoms with E-state index in [0.29, 0.717) is 24.1 Å². The van der Waals surface area contributed by atoms with Gasteiger partial charge in [-0.25, -0.2) is 0 Å². The fourth-order valence-electron chi connectivity index (χ4n) is 5.86. The summed E-state index contributed by atoms with van der Waals surface area (Å²) < 4.78 is 10.6. The Morgan fingerprint density at radius 1 is 1.04 bits per heavy atom. The van der Waals surface area contributed by atoms with Gasteiger partial charge in [0.05, 0.1) is 36.8 Å². The Bertz CT molecular complexity index is 648. The molecule has 4 bridgehead atoms. The van der Waals surface area contributed by atoms with E-state index in [1.165, 1.54) is 45.3 Å². The number of hydrogen-bond acceptors (Lipinski definition) is 4. The molecule has 0 aliphatic heterocycles. The average Bonchev–Trinajstić information content (AvgIpc) is 2.59. The van der Waals surface area contributed by atoms with Crippen molar-refractivity contribution >= 4 is 5.69 Å². The lowest BCUT2D eigenvalue weighted by atomic mass is 9.54. The van der Waals surface area contributed by atoms with E-state index in [9.17, 15) is 10.1 Å². The van der Waals surface area contributed by atoms with Gasteiger partial charge in [-0.1, -0.05) is 0 Å². The molecular formula is C19H27N2O4+. The van der Waals surface area contributed by atoms with E-state index in [0.717, 1.165) is 29.2 Å². The number of methoxy groups -OCH3 is 2. The van der Waals surface area contributed by atoms with E-state index in [1.54, 1.807) is 13.2 Å². The second kappa shape index (κ2) is 6.48. The minimum absolute atomic E-state index is 0.123. The van der Waals surface area contributed by atoms with Crippen LogP contribution in [0.4, 0.5) is 5.69 Å². The van der Waals surface area contributed by atoms with Crippen LogP contribution in [0.1, 0.15) is 37.7 Å². The van der Waals surface area contributed by atoms with E-state index in [-0.39, 0.29) is 10.6 Å². The maximum Gasteiger partial charge on any atom is 0.282 e. The van der Waals surface area contributed by atoms with Gasteiger partial charge < -0.3 is 14.8 Å². The van der Waals surface area contributed by atoms with Crippen molar-refractivity contribution in [3.8, 4) is 11.5 Å². The first kappa shape index (κ1) is 16.6. The normalized spacial score (nSPS) is 32.6. The van der Waals surface area contributed by atoms with Gasteiger partial charge in [-0.15, -0.1) is 0 Å². The molecular weight excluding hydrogens is 320 g/mol. The number of benzene rings is 1. The molecule has 1 aromatic carbocycles. The van der Waals surface area contributed by atoms with Crippen LogP contribution in [0.25, 0.3) is 0 Å². The standard InChI is InChI=1S/C19H26N2O4/c1-24-17-8-15(16(21(22)23)9-18(17)25-2)10-20-19-13-4-11-3-12(6-13)7-14(19)5-11/h8-9,11-14,19-20H,3-7,10H2,1-2H3/p+1. The predicted octanol–water partition coefficient (Wildman–Crippen LogP) is 2.50. The van der Waals surface area contributed by atoms with Crippen molar-refractivity contribution in [2.24, 2.45) is 23.7 Å². The molecule has 1 aromatic rings. The van der Waals surface area contributed by atoms with E-state index in [1.807, 2.05) is 0 Å². The topological polar surface area (TPSA) is 78.2 Å². The second-order valence-corrected chi connectivity index (χ2v) is 8.04. The number of nitrogens with zero attached hydrogens (tertiary/aromatic N) is 1. The van der Waals surface area contributed by atoms with Crippen molar-refractivity contribution in [2.75, 3.05) is 14.2 Å². The quantitative estimate of drug-likeness (QED) is 0.633. The van der Waals surface area contributed by atoms with Crippen molar-refractivity contribution in [3.63, 3.8) is 0 Å². The molecule has 0 amide bonds. The summed E-state index contributed by atoms with van der Waals surface area (Å²) in [4.78, 5) is 11.2. The Balaban J connectivity index is 1.53. The maximum atomic E-state index is 11.5. The van der Waals surface area contributed by atoms with Crippen LogP contribution in [0, 0.1) is 33.8 Å². The molecule has 0 aromatic heterocycles. The highest BCUT2D eigenvalue weighted by atomic mass is 16.6. The highest BCUT2D eigenvalue weighted by Gasteiger charge is 2.50. The SMILES string of the molecule is COc1cc(C[NH2+]C2C3CC4CC(C3)CC2C4)c([N+](=O)[O-])cc1OC. The number of ether oxygens (including phenoxy) is 2. The summed E-state index contributed by atoms with van der Waals surface area (Å²) >= 11 is 0. The van der Waals surface area contributed by atoms with Crippen molar-refractivity contribution in [1.29, 1.82) is 0 Å². The summed E-state index contributed by atoms with van der Waals surface area (Å²) in [6.45, 7) is 0.629. The number of quaternary nitrogens is 1. The zero-order valence-electron chi connectivity index (χ0n) is 14.9. The van der Waals surface area contributed by atoms with Gasteiger partial charge in [0.1, 0.15) is 6.54 Å². The van der Waals surface area contributed by atoms with E-state index in [4.69, 9.17) is 9.47 Å². The first-order valence-electron chi connectivity index (χ1n) is 9.31. The van der Waals surface area contributed by atoms with Crippen molar-refractivity contribution in [1.82, 2.24) is 0 Å². The molecule has 6 nitrogen and oxygen atoms in total. The molecule has 4 saturated carbocycles. The largest absolute Gasteiger partial charge is 0.493 e. The van der Waals surface area contributed by atoms with Crippen molar-refractivity contribution in [2.45, 2.75) is 44.7 Å². The number of nitrogens with two attached hydrogens (primary N) is 1. The van der Waals surface area contributed by atoms with E-state index < -0.39 is 0 Å². The van der Waals surface area contributed by atoms with Crippen LogP contribution < -0.4 is 14.8 Å². The highest BCUT2D eigenvalue weighted by molar-refractivity contribution is 5.53. The average molecular weight is 347 g/mol. The second-order valence-electron chi connectivity index (χ2n) is 8.04. The molecule has 0 unspecified atom stereocenters. The number of rotatable bonds is 6. The van der Waals surface area contributed by atoms with Gasteiger partial charge in [0.25, 0.3) is 5.69 Å². The van der Waals surface area contributed by atoms with Gasteiger partial charge >= 0.3 is 0 Å². The van der Waals surface area contributed by atoms with Gasteiger partial charge in [0.15, 0.2) is 11.5 Å². The van der Waals surface area contributed by atoms with Crippen LogP contribution in [0.2, 0.25) is 0 Å². The van der Waals surface area contributed by atoms with Gasteiger partial charge in [-0.05, 0) is 50.0 Å².